The van der Waals surface area contributed by atoms with Gasteiger partial charge in [0.25, 0.3) is 0 Å². The zero-order valence-electron chi connectivity index (χ0n) is 11.3. The Morgan fingerprint density at radius 2 is 1.89 bits per heavy atom. The first kappa shape index (κ1) is 14.7. The molecule has 1 rings (SSSR count). The zero-order valence-corrected chi connectivity index (χ0v) is 12.1. The Morgan fingerprint density at radius 3 is 2.39 bits per heavy atom. The van der Waals surface area contributed by atoms with Gasteiger partial charge in [-0.2, -0.15) is 0 Å². The molecule has 2 heteroatoms. The smallest absolute Gasteiger partial charge is 0.119 e. The molecule has 1 aromatic carbocycles. The Bertz CT molecular complexity index is 437. The van der Waals surface area contributed by atoms with Crippen molar-refractivity contribution in [3.63, 3.8) is 0 Å². The third-order valence-electron chi connectivity index (χ3n) is 2.35. The lowest BCUT2D eigenvalue weighted by Crippen LogP contribution is -1.91. The van der Waals surface area contributed by atoms with Gasteiger partial charge in [-0.3, -0.25) is 0 Å². The SMILES string of the molecule is C=C/C(=C\C=C(C)C)OCc1ccc(SC)cc1. The second-order valence-electron chi connectivity index (χ2n) is 4.15. The highest BCUT2D eigenvalue weighted by atomic mass is 32.2. The molecule has 1 aromatic rings. The Balaban J connectivity index is 2.59. The normalized spacial score (nSPS) is 10.9. The van der Waals surface area contributed by atoms with Crippen molar-refractivity contribution in [1.29, 1.82) is 0 Å². The van der Waals surface area contributed by atoms with E-state index in [1.54, 1.807) is 17.8 Å². The van der Waals surface area contributed by atoms with Gasteiger partial charge in [-0.15, -0.1) is 11.8 Å². The first-order valence-corrected chi connectivity index (χ1v) is 7.11. The van der Waals surface area contributed by atoms with E-state index in [1.807, 2.05) is 12.2 Å². The molecule has 0 saturated carbocycles. The fourth-order valence-electron chi connectivity index (χ4n) is 1.31. The molecule has 96 valence electrons. The second kappa shape index (κ2) is 7.83. The third-order valence-corrected chi connectivity index (χ3v) is 3.09. The predicted molar refractivity (Wildman–Crippen MR) is 80.7 cm³/mol. The van der Waals surface area contributed by atoms with Crippen molar-refractivity contribution in [2.75, 3.05) is 6.26 Å². The fraction of sp³-hybridized carbons (Fsp3) is 0.250. The van der Waals surface area contributed by atoms with Crippen molar-refractivity contribution in [2.45, 2.75) is 25.3 Å². The molecule has 0 unspecified atom stereocenters. The van der Waals surface area contributed by atoms with Gasteiger partial charge in [0, 0.05) is 4.90 Å². The van der Waals surface area contributed by atoms with Crippen LogP contribution in [0.3, 0.4) is 0 Å². The maximum Gasteiger partial charge on any atom is 0.119 e. The van der Waals surface area contributed by atoms with E-state index < -0.39 is 0 Å². The molecule has 0 aromatic heterocycles. The third kappa shape index (κ3) is 5.28. The van der Waals surface area contributed by atoms with Gasteiger partial charge in [0.2, 0.25) is 0 Å². The highest BCUT2D eigenvalue weighted by molar-refractivity contribution is 7.98. The number of thioether (sulfide) groups is 1. The van der Waals surface area contributed by atoms with Gasteiger partial charge in [-0.05, 0) is 50.0 Å². The summed E-state index contributed by atoms with van der Waals surface area (Å²) in [6.07, 6.45) is 7.77. The summed E-state index contributed by atoms with van der Waals surface area (Å²) in [4.78, 5) is 1.27. The van der Waals surface area contributed by atoms with Crippen LogP contribution in [0.15, 0.2) is 65.3 Å². The lowest BCUT2D eigenvalue weighted by molar-refractivity contribution is 0.211. The molecule has 0 aliphatic heterocycles. The van der Waals surface area contributed by atoms with Crippen molar-refractivity contribution in [1.82, 2.24) is 0 Å². The number of allylic oxidation sites excluding steroid dienone is 4. The molecule has 0 spiro atoms. The number of rotatable bonds is 6. The summed E-state index contributed by atoms with van der Waals surface area (Å²) >= 11 is 1.74. The van der Waals surface area contributed by atoms with Crippen LogP contribution >= 0.6 is 11.8 Å². The molecular weight excluding hydrogens is 240 g/mol. The summed E-state index contributed by atoms with van der Waals surface area (Å²) < 4.78 is 5.69. The number of ether oxygens (including phenoxy) is 1. The van der Waals surface area contributed by atoms with Crippen LogP contribution in [0, 0.1) is 0 Å². The minimum atomic E-state index is 0.573. The van der Waals surface area contributed by atoms with Crippen LogP contribution in [-0.4, -0.2) is 6.26 Å². The summed E-state index contributed by atoms with van der Waals surface area (Å²) in [5.74, 6) is 0.796. The highest BCUT2D eigenvalue weighted by Gasteiger charge is 1.96. The average molecular weight is 260 g/mol. The maximum absolute atomic E-state index is 5.69. The molecular formula is C16H20OS. The maximum atomic E-state index is 5.69. The van der Waals surface area contributed by atoms with Gasteiger partial charge in [-0.25, -0.2) is 0 Å². The molecule has 0 saturated heterocycles. The van der Waals surface area contributed by atoms with Crippen molar-refractivity contribution >= 4 is 11.8 Å². The molecule has 18 heavy (non-hydrogen) atoms. The molecule has 0 amide bonds. The summed E-state index contributed by atoms with van der Waals surface area (Å²) in [7, 11) is 0. The molecule has 0 fully saturated rings. The summed E-state index contributed by atoms with van der Waals surface area (Å²) in [6, 6.07) is 8.40. The zero-order chi connectivity index (χ0) is 13.4. The first-order valence-electron chi connectivity index (χ1n) is 5.89. The summed E-state index contributed by atoms with van der Waals surface area (Å²) in [5.41, 5.74) is 2.40. The van der Waals surface area contributed by atoms with E-state index in [4.69, 9.17) is 4.74 Å². The summed E-state index contributed by atoms with van der Waals surface area (Å²) in [6.45, 7) is 8.43. The van der Waals surface area contributed by atoms with Gasteiger partial charge in [0.1, 0.15) is 12.4 Å². The van der Waals surface area contributed by atoms with Crippen LogP contribution in [0.4, 0.5) is 0 Å². The Labute approximate surface area is 114 Å². The van der Waals surface area contributed by atoms with Crippen molar-refractivity contribution in [2.24, 2.45) is 0 Å². The van der Waals surface area contributed by atoms with E-state index >= 15 is 0 Å². The van der Waals surface area contributed by atoms with Crippen LogP contribution in [0.1, 0.15) is 19.4 Å². The molecule has 1 nitrogen and oxygen atoms in total. The second-order valence-corrected chi connectivity index (χ2v) is 5.03. The van der Waals surface area contributed by atoms with Crippen molar-refractivity contribution in [3.05, 3.63) is 66.0 Å². The van der Waals surface area contributed by atoms with Crippen LogP contribution < -0.4 is 0 Å². The van der Waals surface area contributed by atoms with Gasteiger partial charge in [-0.1, -0.05) is 30.4 Å². The first-order chi connectivity index (χ1) is 8.65. The Hall–Kier alpha value is -1.41. The van der Waals surface area contributed by atoms with E-state index in [9.17, 15) is 0 Å². The molecule has 0 atom stereocenters. The lowest BCUT2D eigenvalue weighted by Gasteiger charge is -2.07. The topological polar surface area (TPSA) is 9.23 Å². The number of benzene rings is 1. The summed E-state index contributed by atoms with van der Waals surface area (Å²) in [5, 5.41) is 0. The molecule has 0 N–H and O–H groups in total. The van der Waals surface area contributed by atoms with Gasteiger partial charge in [0.05, 0.1) is 0 Å². The Morgan fingerprint density at radius 1 is 1.22 bits per heavy atom. The van der Waals surface area contributed by atoms with Gasteiger partial charge < -0.3 is 4.74 Å². The van der Waals surface area contributed by atoms with E-state index in [2.05, 4.69) is 50.9 Å². The van der Waals surface area contributed by atoms with Crippen molar-refractivity contribution in [3.8, 4) is 0 Å². The monoisotopic (exact) mass is 260 g/mol. The standard InChI is InChI=1S/C16H20OS/c1-5-15(9-6-13(2)3)17-12-14-7-10-16(18-4)11-8-14/h5-11H,1,12H2,2-4H3/b15-9+. The van der Waals surface area contributed by atoms with E-state index in [1.165, 1.54) is 10.5 Å². The average Bonchev–Trinajstić information content (AvgIpc) is 2.39. The minimum absolute atomic E-state index is 0.573. The molecule has 0 heterocycles. The molecule has 0 aliphatic rings. The predicted octanol–water partition coefficient (Wildman–Crippen LogP) is 4.96. The molecule has 0 aliphatic carbocycles. The van der Waals surface area contributed by atoms with E-state index in [-0.39, 0.29) is 0 Å². The van der Waals surface area contributed by atoms with E-state index in [0.717, 1.165) is 11.3 Å². The Kier molecular flexibility index (Phi) is 6.37. The number of hydrogen-bond acceptors (Lipinski definition) is 2. The molecule has 0 bridgehead atoms. The van der Waals surface area contributed by atoms with Crippen molar-refractivity contribution < 1.29 is 4.74 Å². The molecule has 0 radical (unpaired) electrons. The van der Waals surface area contributed by atoms with Crippen LogP contribution in [0.5, 0.6) is 0 Å². The van der Waals surface area contributed by atoms with Gasteiger partial charge in [0.15, 0.2) is 0 Å². The largest absolute Gasteiger partial charge is 0.489 e. The lowest BCUT2D eigenvalue weighted by atomic mass is 10.2. The fourth-order valence-corrected chi connectivity index (χ4v) is 1.72. The van der Waals surface area contributed by atoms with E-state index in [0.29, 0.717) is 6.61 Å². The number of hydrogen-bond donors (Lipinski definition) is 0. The van der Waals surface area contributed by atoms with Crippen LogP contribution in [0.2, 0.25) is 0 Å². The quantitative estimate of drug-likeness (QED) is 0.406. The minimum Gasteiger partial charge on any atom is -0.489 e. The van der Waals surface area contributed by atoms with Gasteiger partial charge >= 0.3 is 0 Å². The van der Waals surface area contributed by atoms with Crippen LogP contribution in [-0.2, 0) is 11.3 Å². The van der Waals surface area contributed by atoms with Crippen LogP contribution in [0.25, 0.3) is 0 Å². The highest BCUT2D eigenvalue weighted by Crippen LogP contribution is 2.16.